The van der Waals surface area contributed by atoms with Gasteiger partial charge in [-0.2, -0.15) is 0 Å². The van der Waals surface area contributed by atoms with Crippen molar-refractivity contribution < 1.29 is 4.79 Å². The molecule has 2 rings (SSSR count). The van der Waals surface area contributed by atoms with Gasteiger partial charge in [-0.25, -0.2) is 0 Å². The number of nitrogens with two attached hydrogens (primary N) is 1. The Balaban J connectivity index is 2.07. The Morgan fingerprint density at radius 2 is 1.68 bits per heavy atom. The second kappa shape index (κ2) is 6.50. The van der Waals surface area contributed by atoms with E-state index < -0.39 is 0 Å². The van der Waals surface area contributed by atoms with Crippen LogP contribution in [0.25, 0.3) is 0 Å². The Morgan fingerprint density at radius 3 is 2.37 bits per heavy atom. The number of nitrogens with one attached hydrogen (secondary N) is 1. The first-order valence-corrected chi connectivity index (χ1v) is 6.81. The standard InChI is InChI=1S/C15H15BrN2O/c16-14-8-4-3-7-13(14)15(19)18-10-12-6-2-1-5-11(12)9-17/h1-8H,9-10,17H2,(H,18,19). The summed E-state index contributed by atoms with van der Waals surface area (Å²) in [6, 6.07) is 15.2. The molecule has 0 radical (unpaired) electrons. The molecule has 0 atom stereocenters. The van der Waals surface area contributed by atoms with Gasteiger partial charge in [0.2, 0.25) is 0 Å². The Bertz CT molecular complexity index is 584. The summed E-state index contributed by atoms with van der Waals surface area (Å²) in [5.74, 6) is -0.0979. The molecular formula is C15H15BrN2O. The van der Waals surface area contributed by atoms with Crippen molar-refractivity contribution in [2.45, 2.75) is 13.1 Å². The van der Waals surface area contributed by atoms with Crippen LogP contribution in [0.4, 0.5) is 0 Å². The molecule has 2 aromatic carbocycles. The predicted octanol–water partition coefficient (Wildman–Crippen LogP) is 2.84. The number of amides is 1. The molecule has 0 aliphatic rings. The Labute approximate surface area is 121 Å². The van der Waals surface area contributed by atoms with Crippen molar-refractivity contribution in [3.63, 3.8) is 0 Å². The molecule has 0 saturated heterocycles. The molecule has 0 unspecified atom stereocenters. The van der Waals surface area contributed by atoms with E-state index in [-0.39, 0.29) is 5.91 Å². The van der Waals surface area contributed by atoms with Gasteiger partial charge in [0.1, 0.15) is 0 Å². The lowest BCUT2D eigenvalue weighted by Gasteiger charge is -2.10. The lowest BCUT2D eigenvalue weighted by atomic mass is 10.1. The van der Waals surface area contributed by atoms with Crippen LogP contribution in [-0.2, 0) is 13.1 Å². The van der Waals surface area contributed by atoms with Crippen LogP contribution >= 0.6 is 15.9 Å². The molecule has 2 aromatic rings. The molecule has 3 N–H and O–H groups in total. The molecule has 0 aromatic heterocycles. The smallest absolute Gasteiger partial charge is 0.252 e. The van der Waals surface area contributed by atoms with Gasteiger partial charge in [-0.05, 0) is 39.2 Å². The average molecular weight is 319 g/mol. The van der Waals surface area contributed by atoms with Crippen molar-refractivity contribution in [3.8, 4) is 0 Å². The van der Waals surface area contributed by atoms with Crippen molar-refractivity contribution in [2.24, 2.45) is 5.73 Å². The van der Waals surface area contributed by atoms with Crippen molar-refractivity contribution in [1.82, 2.24) is 5.32 Å². The highest BCUT2D eigenvalue weighted by atomic mass is 79.9. The maximum atomic E-state index is 12.1. The van der Waals surface area contributed by atoms with Gasteiger partial charge < -0.3 is 11.1 Å². The third kappa shape index (κ3) is 3.43. The van der Waals surface area contributed by atoms with Crippen molar-refractivity contribution >= 4 is 21.8 Å². The minimum absolute atomic E-state index is 0.0979. The molecule has 0 saturated carbocycles. The molecule has 3 nitrogen and oxygen atoms in total. The lowest BCUT2D eigenvalue weighted by Crippen LogP contribution is -2.24. The van der Waals surface area contributed by atoms with Gasteiger partial charge in [-0.3, -0.25) is 4.79 Å². The van der Waals surface area contributed by atoms with Gasteiger partial charge in [0.15, 0.2) is 0 Å². The first kappa shape index (κ1) is 13.8. The van der Waals surface area contributed by atoms with E-state index >= 15 is 0 Å². The lowest BCUT2D eigenvalue weighted by molar-refractivity contribution is 0.0950. The zero-order chi connectivity index (χ0) is 13.7. The molecule has 0 spiro atoms. The minimum atomic E-state index is -0.0979. The SMILES string of the molecule is NCc1ccccc1CNC(=O)c1ccccc1Br. The Hall–Kier alpha value is -1.65. The molecule has 0 heterocycles. The summed E-state index contributed by atoms with van der Waals surface area (Å²) in [7, 11) is 0. The summed E-state index contributed by atoms with van der Waals surface area (Å²) in [5.41, 5.74) is 8.40. The second-order valence-corrected chi connectivity index (χ2v) is 4.99. The quantitative estimate of drug-likeness (QED) is 0.910. The van der Waals surface area contributed by atoms with E-state index in [1.807, 2.05) is 42.5 Å². The van der Waals surface area contributed by atoms with Crippen LogP contribution in [0.5, 0.6) is 0 Å². The summed E-state index contributed by atoms with van der Waals surface area (Å²) in [6.45, 7) is 0.953. The molecule has 0 aliphatic carbocycles. The van der Waals surface area contributed by atoms with Gasteiger partial charge >= 0.3 is 0 Å². The fraction of sp³-hybridized carbons (Fsp3) is 0.133. The third-order valence-electron chi connectivity index (χ3n) is 2.90. The fourth-order valence-corrected chi connectivity index (χ4v) is 2.31. The van der Waals surface area contributed by atoms with Crippen LogP contribution in [0.1, 0.15) is 21.5 Å². The maximum absolute atomic E-state index is 12.1. The van der Waals surface area contributed by atoms with Gasteiger partial charge in [0.05, 0.1) is 5.56 Å². The van der Waals surface area contributed by atoms with Crippen molar-refractivity contribution in [3.05, 3.63) is 69.7 Å². The van der Waals surface area contributed by atoms with Crippen LogP contribution in [0, 0.1) is 0 Å². The van der Waals surface area contributed by atoms with Crippen LogP contribution in [-0.4, -0.2) is 5.91 Å². The molecule has 0 aliphatic heterocycles. The van der Waals surface area contributed by atoms with Crippen LogP contribution in [0.2, 0.25) is 0 Å². The molecule has 0 fully saturated rings. The zero-order valence-corrected chi connectivity index (χ0v) is 12.0. The topological polar surface area (TPSA) is 55.1 Å². The molecule has 4 heteroatoms. The third-order valence-corrected chi connectivity index (χ3v) is 3.59. The minimum Gasteiger partial charge on any atom is -0.348 e. The van der Waals surface area contributed by atoms with Gasteiger partial charge in [0.25, 0.3) is 5.91 Å². The summed E-state index contributed by atoms with van der Waals surface area (Å²) in [4.78, 5) is 12.1. The zero-order valence-electron chi connectivity index (χ0n) is 10.4. The highest BCUT2D eigenvalue weighted by Crippen LogP contribution is 2.16. The van der Waals surface area contributed by atoms with E-state index in [0.717, 1.165) is 15.6 Å². The molecule has 98 valence electrons. The van der Waals surface area contributed by atoms with Crippen molar-refractivity contribution in [1.29, 1.82) is 0 Å². The monoisotopic (exact) mass is 318 g/mol. The largest absolute Gasteiger partial charge is 0.348 e. The first-order chi connectivity index (χ1) is 9.22. The van der Waals surface area contributed by atoms with Crippen molar-refractivity contribution in [2.75, 3.05) is 0 Å². The maximum Gasteiger partial charge on any atom is 0.252 e. The molecule has 0 bridgehead atoms. The fourth-order valence-electron chi connectivity index (χ4n) is 1.85. The molecular weight excluding hydrogens is 304 g/mol. The summed E-state index contributed by atoms with van der Waals surface area (Å²) >= 11 is 3.37. The van der Waals surface area contributed by atoms with E-state index in [1.54, 1.807) is 6.07 Å². The molecule has 1 amide bonds. The van der Waals surface area contributed by atoms with Crippen LogP contribution in [0.15, 0.2) is 53.0 Å². The highest BCUT2D eigenvalue weighted by molar-refractivity contribution is 9.10. The summed E-state index contributed by atoms with van der Waals surface area (Å²) in [5, 5.41) is 2.91. The summed E-state index contributed by atoms with van der Waals surface area (Å²) < 4.78 is 0.791. The normalized spacial score (nSPS) is 10.2. The number of halogens is 1. The Morgan fingerprint density at radius 1 is 1.05 bits per heavy atom. The van der Waals surface area contributed by atoms with Gasteiger partial charge in [-0.1, -0.05) is 36.4 Å². The van der Waals surface area contributed by atoms with E-state index in [9.17, 15) is 4.79 Å². The Kier molecular flexibility index (Phi) is 4.71. The number of hydrogen-bond acceptors (Lipinski definition) is 2. The summed E-state index contributed by atoms with van der Waals surface area (Å²) in [6.07, 6.45) is 0. The number of benzene rings is 2. The van der Waals surface area contributed by atoms with E-state index in [2.05, 4.69) is 21.2 Å². The van der Waals surface area contributed by atoms with E-state index in [4.69, 9.17) is 5.73 Å². The second-order valence-electron chi connectivity index (χ2n) is 4.14. The first-order valence-electron chi connectivity index (χ1n) is 6.02. The average Bonchev–Trinajstić information content (AvgIpc) is 2.45. The molecule has 19 heavy (non-hydrogen) atoms. The number of hydrogen-bond donors (Lipinski definition) is 2. The highest BCUT2D eigenvalue weighted by Gasteiger charge is 2.09. The van der Waals surface area contributed by atoms with Gasteiger partial charge in [-0.15, -0.1) is 0 Å². The van der Waals surface area contributed by atoms with Gasteiger partial charge in [0, 0.05) is 17.6 Å². The van der Waals surface area contributed by atoms with E-state index in [1.165, 1.54) is 0 Å². The number of carbonyl (C=O) groups excluding carboxylic acids is 1. The van der Waals surface area contributed by atoms with Crippen LogP contribution in [0.3, 0.4) is 0 Å². The van der Waals surface area contributed by atoms with E-state index in [0.29, 0.717) is 18.7 Å². The predicted molar refractivity (Wildman–Crippen MR) is 79.6 cm³/mol. The number of rotatable bonds is 4. The van der Waals surface area contributed by atoms with Crippen LogP contribution < -0.4 is 11.1 Å². The number of carbonyl (C=O) groups is 1.